The Morgan fingerprint density at radius 3 is 2.69 bits per heavy atom. The van der Waals surface area contributed by atoms with Crippen molar-refractivity contribution in [2.45, 2.75) is 31.2 Å². The molecule has 4 nitrogen and oxygen atoms in total. The fourth-order valence-electron chi connectivity index (χ4n) is 3.68. The first-order valence-corrected chi connectivity index (χ1v) is 9.49. The first kappa shape index (κ1) is 15.6. The minimum atomic E-state index is -0.0690. The molecule has 0 spiro atoms. The molecule has 1 heterocycles. The second-order valence-corrected chi connectivity index (χ2v) is 7.62. The van der Waals surface area contributed by atoms with E-state index in [1.807, 2.05) is 42.6 Å². The van der Waals surface area contributed by atoms with E-state index in [1.165, 1.54) is 31.4 Å². The Bertz CT molecular complexity index is 939. The van der Waals surface area contributed by atoms with Crippen molar-refractivity contribution in [1.82, 2.24) is 10.3 Å². The van der Waals surface area contributed by atoms with Gasteiger partial charge in [0.1, 0.15) is 0 Å². The summed E-state index contributed by atoms with van der Waals surface area (Å²) >= 11 is 0. The Morgan fingerprint density at radius 1 is 1.08 bits per heavy atom. The van der Waals surface area contributed by atoms with Crippen LogP contribution in [0.25, 0.3) is 10.9 Å². The normalized spacial score (nSPS) is 21.7. The van der Waals surface area contributed by atoms with Crippen molar-refractivity contribution in [3.05, 3.63) is 65.9 Å². The average molecular weight is 345 g/mol. The zero-order valence-corrected chi connectivity index (χ0v) is 14.7. The molecule has 2 fully saturated rings. The molecule has 2 aliphatic carbocycles. The maximum atomic E-state index is 12.6. The number of fused-ring (bicyclic) bond motifs is 1. The predicted octanol–water partition coefficient (Wildman–Crippen LogP) is 4.28. The molecule has 26 heavy (non-hydrogen) atoms. The van der Waals surface area contributed by atoms with Gasteiger partial charge in [0, 0.05) is 34.6 Å². The highest BCUT2D eigenvalue weighted by Crippen LogP contribution is 2.41. The van der Waals surface area contributed by atoms with Crippen LogP contribution in [0.3, 0.4) is 0 Å². The van der Waals surface area contributed by atoms with Crippen molar-refractivity contribution in [2.24, 2.45) is 5.92 Å². The maximum absolute atomic E-state index is 12.6. The Kier molecular flexibility index (Phi) is 3.79. The minimum absolute atomic E-state index is 0.0690. The van der Waals surface area contributed by atoms with Crippen LogP contribution < -0.4 is 10.6 Å². The summed E-state index contributed by atoms with van der Waals surface area (Å²) in [7, 11) is 0. The van der Waals surface area contributed by atoms with Gasteiger partial charge in [-0.25, -0.2) is 0 Å². The lowest BCUT2D eigenvalue weighted by Crippen LogP contribution is -2.20. The summed E-state index contributed by atoms with van der Waals surface area (Å²) in [5, 5.41) is 7.71. The summed E-state index contributed by atoms with van der Waals surface area (Å²) in [5.41, 5.74) is 3.88. The van der Waals surface area contributed by atoms with E-state index in [0.29, 0.717) is 17.5 Å². The van der Waals surface area contributed by atoms with E-state index in [4.69, 9.17) is 0 Å². The van der Waals surface area contributed by atoms with Gasteiger partial charge in [0.2, 0.25) is 0 Å². The van der Waals surface area contributed by atoms with E-state index in [1.54, 1.807) is 0 Å². The van der Waals surface area contributed by atoms with E-state index in [2.05, 4.69) is 27.8 Å². The molecule has 0 saturated heterocycles. The summed E-state index contributed by atoms with van der Waals surface area (Å²) < 4.78 is 0. The van der Waals surface area contributed by atoms with Gasteiger partial charge in [-0.3, -0.25) is 4.79 Å². The fourth-order valence-corrected chi connectivity index (χ4v) is 3.68. The van der Waals surface area contributed by atoms with Gasteiger partial charge >= 0.3 is 0 Å². The van der Waals surface area contributed by atoms with Crippen molar-refractivity contribution < 1.29 is 4.79 Å². The van der Waals surface area contributed by atoms with Crippen LogP contribution in [0.4, 0.5) is 5.69 Å². The lowest BCUT2D eigenvalue weighted by molar-refractivity contribution is 0.102. The van der Waals surface area contributed by atoms with Crippen molar-refractivity contribution in [3.63, 3.8) is 0 Å². The van der Waals surface area contributed by atoms with E-state index in [0.717, 1.165) is 22.5 Å². The van der Waals surface area contributed by atoms with E-state index < -0.39 is 0 Å². The highest BCUT2D eigenvalue weighted by atomic mass is 16.1. The number of carbonyl (C=O) groups excluding carboxylic acids is 1. The Morgan fingerprint density at radius 2 is 1.88 bits per heavy atom. The molecule has 4 heteroatoms. The van der Waals surface area contributed by atoms with Crippen LogP contribution >= 0.6 is 0 Å². The molecule has 2 atom stereocenters. The first-order chi connectivity index (χ1) is 12.8. The molecule has 0 aliphatic heterocycles. The largest absolute Gasteiger partial charge is 0.359 e. The summed E-state index contributed by atoms with van der Waals surface area (Å²) in [4.78, 5) is 15.7. The summed E-state index contributed by atoms with van der Waals surface area (Å²) in [6.07, 6.45) is 5.85. The lowest BCUT2D eigenvalue weighted by atomic mass is 10.1. The molecule has 3 aromatic rings. The zero-order chi connectivity index (χ0) is 17.5. The minimum Gasteiger partial charge on any atom is -0.359 e. The lowest BCUT2D eigenvalue weighted by Gasteiger charge is -2.06. The Labute approximate surface area is 153 Å². The number of amides is 1. The quantitative estimate of drug-likeness (QED) is 0.625. The van der Waals surface area contributed by atoms with Gasteiger partial charge in [-0.05, 0) is 55.5 Å². The third kappa shape index (κ3) is 3.13. The van der Waals surface area contributed by atoms with Crippen LogP contribution in [-0.4, -0.2) is 23.5 Å². The topological polar surface area (TPSA) is 56.9 Å². The number of nitrogens with one attached hydrogen (secondary N) is 3. The predicted molar refractivity (Wildman–Crippen MR) is 105 cm³/mol. The molecule has 0 unspecified atom stereocenters. The third-order valence-electron chi connectivity index (χ3n) is 5.59. The van der Waals surface area contributed by atoms with Crippen LogP contribution in [0.5, 0.6) is 0 Å². The standard InChI is InChI=1S/C22H23N3O/c26-22(25-21-13-24-19-4-2-1-3-17(19)21)16-9-7-15(8-10-16)18-11-20(18)23-12-14-5-6-14/h1-4,7-10,13-14,18,20,23-24H,5-6,11-12H2,(H,25,26)/t18-,20+/m0/s1. The van der Waals surface area contributed by atoms with Gasteiger partial charge in [-0.15, -0.1) is 0 Å². The molecule has 132 valence electrons. The molecule has 5 rings (SSSR count). The molecule has 0 radical (unpaired) electrons. The number of hydrogen-bond acceptors (Lipinski definition) is 2. The monoisotopic (exact) mass is 345 g/mol. The number of hydrogen-bond donors (Lipinski definition) is 3. The third-order valence-corrected chi connectivity index (χ3v) is 5.59. The van der Waals surface area contributed by atoms with Gasteiger partial charge in [0.05, 0.1) is 5.69 Å². The highest BCUT2D eigenvalue weighted by molar-refractivity contribution is 6.08. The van der Waals surface area contributed by atoms with Crippen molar-refractivity contribution in [3.8, 4) is 0 Å². The summed E-state index contributed by atoms with van der Waals surface area (Å²) in [6, 6.07) is 16.7. The number of para-hydroxylation sites is 1. The molecule has 1 amide bonds. The second-order valence-electron chi connectivity index (χ2n) is 7.62. The molecule has 0 bridgehead atoms. The fraction of sp³-hybridized carbons (Fsp3) is 0.318. The van der Waals surface area contributed by atoms with Gasteiger partial charge < -0.3 is 15.6 Å². The molecule has 1 aromatic heterocycles. The van der Waals surface area contributed by atoms with E-state index in [-0.39, 0.29) is 5.91 Å². The van der Waals surface area contributed by atoms with Crippen LogP contribution in [-0.2, 0) is 0 Å². The number of aromatic nitrogens is 1. The number of H-pyrrole nitrogens is 1. The second kappa shape index (κ2) is 6.29. The Hall–Kier alpha value is -2.59. The van der Waals surface area contributed by atoms with Crippen molar-refractivity contribution in [2.75, 3.05) is 11.9 Å². The van der Waals surface area contributed by atoms with Gasteiger partial charge in [-0.2, -0.15) is 0 Å². The number of rotatable bonds is 6. The van der Waals surface area contributed by atoms with Crippen LogP contribution in [0.1, 0.15) is 41.1 Å². The summed E-state index contributed by atoms with van der Waals surface area (Å²) in [6.45, 7) is 1.17. The number of carbonyl (C=O) groups is 1. The molecular weight excluding hydrogens is 322 g/mol. The van der Waals surface area contributed by atoms with Crippen LogP contribution in [0, 0.1) is 5.92 Å². The van der Waals surface area contributed by atoms with Crippen molar-refractivity contribution >= 4 is 22.5 Å². The van der Waals surface area contributed by atoms with Crippen LogP contribution in [0.2, 0.25) is 0 Å². The number of aromatic amines is 1. The SMILES string of the molecule is O=C(Nc1c[nH]c2ccccc12)c1ccc([C@@H]2C[C@H]2NCC2CC2)cc1. The molecule has 3 N–H and O–H groups in total. The Balaban J connectivity index is 1.23. The van der Waals surface area contributed by atoms with E-state index >= 15 is 0 Å². The number of anilines is 1. The van der Waals surface area contributed by atoms with E-state index in [9.17, 15) is 4.79 Å². The van der Waals surface area contributed by atoms with Crippen LogP contribution in [0.15, 0.2) is 54.7 Å². The summed E-state index contributed by atoms with van der Waals surface area (Å²) in [5.74, 6) is 1.46. The first-order valence-electron chi connectivity index (χ1n) is 9.49. The zero-order valence-electron chi connectivity index (χ0n) is 14.7. The van der Waals surface area contributed by atoms with Gasteiger partial charge in [0.25, 0.3) is 5.91 Å². The highest BCUT2D eigenvalue weighted by Gasteiger charge is 2.38. The average Bonchev–Trinajstić information content (AvgIpc) is 3.59. The molecule has 2 aliphatic rings. The van der Waals surface area contributed by atoms with Gasteiger partial charge in [-0.1, -0.05) is 30.3 Å². The number of benzene rings is 2. The van der Waals surface area contributed by atoms with Gasteiger partial charge in [0.15, 0.2) is 0 Å². The molecular formula is C22H23N3O. The molecule has 2 saturated carbocycles. The van der Waals surface area contributed by atoms with Crippen molar-refractivity contribution in [1.29, 1.82) is 0 Å². The molecule has 2 aromatic carbocycles. The maximum Gasteiger partial charge on any atom is 0.255 e. The smallest absolute Gasteiger partial charge is 0.255 e.